The highest BCUT2D eigenvalue weighted by atomic mass is 32.1. The van der Waals surface area contributed by atoms with Crippen molar-refractivity contribution in [3.8, 4) is 0 Å². The fourth-order valence-corrected chi connectivity index (χ4v) is 7.20. The van der Waals surface area contributed by atoms with Crippen LogP contribution >= 0.6 is 34.0 Å². The molecule has 146 valence electrons. The van der Waals surface area contributed by atoms with Crippen molar-refractivity contribution in [1.29, 1.82) is 0 Å². The van der Waals surface area contributed by atoms with Crippen LogP contribution in [0.25, 0.3) is 0 Å². The molecule has 3 aromatic rings. The Bertz CT molecular complexity index is 950. The van der Waals surface area contributed by atoms with Gasteiger partial charge in [0.1, 0.15) is 0 Å². The minimum absolute atomic E-state index is 0.202. The number of hydrogen-bond donors (Lipinski definition) is 0. The van der Waals surface area contributed by atoms with E-state index >= 15 is 0 Å². The van der Waals surface area contributed by atoms with Gasteiger partial charge in [-0.15, -0.1) is 34.0 Å². The summed E-state index contributed by atoms with van der Waals surface area (Å²) in [5.74, 6) is 0.528. The normalized spacial score (nSPS) is 25.4. The van der Waals surface area contributed by atoms with Crippen LogP contribution in [-0.2, 0) is 17.9 Å². The second kappa shape index (κ2) is 7.37. The van der Waals surface area contributed by atoms with Crippen molar-refractivity contribution in [2.75, 3.05) is 19.6 Å². The number of aromatic nitrogens is 1. The van der Waals surface area contributed by atoms with Gasteiger partial charge in [0.05, 0.1) is 17.0 Å². The van der Waals surface area contributed by atoms with E-state index in [4.69, 9.17) is 0 Å². The van der Waals surface area contributed by atoms with Crippen molar-refractivity contribution in [2.45, 2.75) is 32.4 Å². The fraction of sp³-hybridized carbons (Fsp3) is 0.429. The number of carbonyl (C=O) groups excluding carboxylic acids is 1. The zero-order valence-corrected chi connectivity index (χ0v) is 18.3. The largest absolute Gasteiger partial charge is 0.337 e. The molecule has 1 spiro atoms. The molecular formula is C21H23N3OS3. The number of amides is 1. The van der Waals surface area contributed by atoms with E-state index in [1.165, 1.54) is 15.3 Å². The monoisotopic (exact) mass is 429 g/mol. The number of aryl methyl sites for hydroxylation is 1. The molecule has 0 bridgehead atoms. The third-order valence-electron chi connectivity index (χ3n) is 6.17. The van der Waals surface area contributed by atoms with E-state index in [1.54, 1.807) is 22.7 Å². The molecule has 4 nitrogen and oxygen atoms in total. The third-order valence-corrected chi connectivity index (χ3v) is 8.92. The van der Waals surface area contributed by atoms with Gasteiger partial charge in [-0.3, -0.25) is 9.69 Å². The van der Waals surface area contributed by atoms with Gasteiger partial charge in [0, 0.05) is 53.4 Å². The Labute approximate surface area is 177 Å². The Morgan fingerprint density at radius 3 is 2.82 bits per heavy atom. The Morgan fingerprint density at radius 2 is 2.11 bits per heavy atom. The predicted molar refractivity (Wildman–Crippen MR) is 116 cm³/mol. The van der Waals surface area contributed by atoms with Crippen LogP contribution in [0, 0.1) is 12.3 Å². The van der Waals surface area contributed by atoms with Gasteiger partial charge < -0.3 is 4.90 Å². The van der Waals surface area contributed by atoms with Crippen molar-refractivity contribution in [3.63, 3.8) is 0 Å². The topological polar surface area (TPSA) is 36.4 Å². The van der Waals surface area contributed by atoms with Gasteiger partial charge in [-0.25, -0.2) is 4.98 Å². The quantitative estimate of drug-likeness (QED) is 0.595. The molecule has 28 heavy (non-hydrogen) atoms. The van der Waals surface area contributed by atoms with Crippen molar-refractivity contribution in [3.05, 3.63) is 60.9 Å². The van der Waals surface area contributed by atoms with Gasteiger partial charge in [0.25, 0.3) is 0 Å². The highest BCUT2D eigenvalue weighted by Gasteiger charge is 2.57. The van der Waals surface area contributed by atoms with E-state index in [0.29, 0.717) is 5.91 Å². The van der Waals surface area contributed by atoms with Gasteiger partial charge in [0.15, 0.2) is 0 Å². The van der Waals surface area contributed by atoms with Crippen LogP contribution < -0.4 is 0 Å². The van der Waals surface area contributed by atoms with Gasteiger partial charge in [0.2, 0.25) is 5.91 Å². The average Bonchev–Trinajstić information content (AvgIpc) is 3.48. The van der Waals surface area contributed by atoms with E-state index in [1.807, 2.05) is 22.9 Å². The zero-order chi connectivity index (χ0) is 19.1. The Kier molecular flexibility index (Phi) is 4.87. The second-order valence-corrected chi connectivity index (χ2v) is 10.8. The molecule has 0 saturated carbocycles. The lowest BCUT2D eigenvalue weighted by Gasteiger charge is -2.27. The van der Waals surface area contributed by atoms with E-state index in [0.717, 1.165) is 44.2 Å². The zero-order valence-electron chi connectivity index (χ0n) is 15.8. The highest BCUT2D eigenvalue weighted by Crippen LogP contribution is 2.51. The molecule has 7 heteroatoms. The fourth-order valence-electron chi connectivity index (χ4n) is 4.69. The van der Waals surface area contributed by atoms with Crippen molar-refractivity contribution in [2.24, 2.45) is 5.41 Å². The Balaban J connectivity index is 1.42. The molecule has 0 aromatic carbocycles. The second-order valence-electron chi connectivity index (χ2n) is 7.83. The first kappa shape index (κ1) is 18.5. The summed E-state index contributed by atoms with van der Waals surface area (Å²) in [6.45, 7) is 6.47. The molecule has 2 fully saturated rings. The molecule has 2 aliphatic heterocycles. The van der Waals surface area contributed by atoms with Crippen LogP contribution in [-0.4, -0.2) is 40.3 Å². The average molecular weight is 430 g/mol. The summed E-state index contributed by atoms with van der Waals surface area (Å²) >= 11 is 5.25. The van der Waals surface area contributed by atoms with Gasteiger partial charge in [-0.2, -0.15) is 0 Å². The molecule has 5 rings (SSSR count). The van der Waals surface area contributed by atoms with Gasteiger partial charge in [-0.1, -0.05) is 6.07 Å². The summed E-state index contributed by atoms with van der Waals surface area (Å²) in [6.07, 6.45) is 2.81. The molecular weight excluding hydrogens is 406 g/mol. The maximum Gasteiger partial charge on any atom is 0.231 e. The van der Waals surface area contributed by atoms with Crippen LogP contribution in [0.4, 0.5) is 0 Å². The van der Waals surface area contributed by atoms with Crippen LogP contribution in [0.5, 0.6) is 0 Å². The van der Waals surface area contributed by atoms with Crippen LogP contribution in [0.1, 0.15) is 32.7 Å². The van der Waals surface area contributed by atoms with E-state index in [2.05, 4.69) is 50.7 Å². The number of carbonyl (C=O) groups is 1. The third kappa shape index (κ3) is 3.14. The summed E-state index contributed by atoms with van der Waals surface area (Å²) in [5.41, 5.74) is 1.04. The summed E-state index contributed by atoms with van der Waals surface area (Å²) in [4.78, 5) is 25.5. The standard InChI is InChI=1S/C21H23N3OS3/c1-15-4-9-27-18(15)13-23-12-17(19-22-6-10-28-19)21(14-23)5-7-24(20(21)25)11-16-3-2-8-26-16/h2-4,6,8-10,17H,5,7,11-14H2,1H3/t17-,21-/m0/s1. The van der Waals surface area contributed by atoms with Crippen molar-refractivity contribution in [1.82, 2.24) is 14.8 Å². The molecule has 2 aliphatic rings. The molecule has 3 aromatic heterocycles. The lowest BCUT2D eigenvalue weighted by Crippen LogP contribution is -2.39. The first-order valence-corrected chi connectivity index (χ1v) is 12.3. The molecule has 0 radical (unpaired) electrons. The van der Waals surface area contributed by atoms with E-state index < -0.39 is 0 Å². The maximum atomic E-state index is 13.7. The van der Waals surface area contributed by atoms with E-state index in [9.17, 15) is 4.79 Å². The highest BCUT2D eigenvalue weighted by molar-refractivity contribution is 7.10. The molecule has 2 atom stereocenters. The first-order chi connectivity index (χ1) is 13.7. The minimum atomic E-state index is -0.319. The number of rotatable bonds is 5. The molecule has 0 aliphatic carbocycles. The maximum absolute atomic E-state index is 13.7. The van der Waals surface area contributed by atoms with Crippen molar-refractivity contribution < 1.29 is 4.79 Å². The van der Waals surface area contributed by atoms with Crippen LogP contribution in [0.2, 0.25) is 0 Å². The Morgan fingerprint density at radius 1 is 1.18 bits per heavy atom. The smallest absolute Gasteiger partial charge is 0.231 e. The number of thiazole rings is 1. The number of likely N-dealkylation sites (tertiary alicyclic amines) is 2. The molecule has 2 saturated heterocycles. The van der Waals surface area contributed by atoms with Crippen LogP contribution in [0.3, 0.4) is 0 Å². The summed E-state index contributed by atoms with van der Waals surface area (Å²) in [6, 6.07) is 6.38. The predicted octanol–water partition coefficient (Wildman–Crippen LogP) is 4.59. The first-order valence-electron chi connectivity index (χ1n) is 9.62. The summed E-state index contributed by atoms with van der Waals surface area (Å²) < 4.78 is 0. The summed E-state index contributed by atoms with van der Waals surface area (Å²) in [7, 11) is 0. The van der Waals surface area contributed by atoms with Crippen molar-refractivity contribution >= 4 is 39.9 Å². The minimum Gasteiger partial charge on any atom is -0.337 e. The van der Waals surface area contributed by atoms with Gasteiger partial charge in [-0.05, 0) is 41.8 Å². The lowest BCUT2D eigenvalue weighted by atomic mass is 9.77. The van der Waals surface area contributed by atoms with Crippen LogP contribution in [0.15, 0.2) is 40.5 Å². The lowest BCUT2D eigenvalue weighted by molar-refractivity contribution is -0.136. The number of thiophene rings is 2. The number of hydrogen-bond acceptors (Lipinski definition) is 6. The molecule has 0 N–H and O–H groups in total. The van der Waals surface area contributed by atoms with Gasteiger partial charge >= 0.3 is 0 Å². The molecule has 1 amide bonds. The number of nitrogens with zero attached hydrogens (tertiary/aromatic N) is 3. The SMILES string of the molecule is Cc1ccsc1CN1C[C@@H](c2nccs2)[C@]2(CCN(Cc3cccs3)C2=O)C1. The Hall–Kier alpha value is -1.54. The molecule has 5 heterocycles. The molecule has 0 unspecified atom stereocenters. The van der Waals surface area contributed by atoms with E-state index in [-0.39, 0.29) is 11.3 Å². The summed E-state index contributed by atoms with van der Waals surface area (Å²) in [5, 5.41) is 7.41.